The Morgan fingerprint density at radius 3 is 2.39 bits per heavy atom. The van der Waals surface area contributed by atoms with Crippen molar-refractivity contribution in [1.29, 1.82) is 0 Å². The standard InChI is InChI=1S/C15H28O3/c1-4-5-10-18-15(17)13-8-6-12(7-9-13)14(16)11(2)3/h11-14,16H,4-10H2,1-3H3. The number of ether oxygens (including phenoxy) is 1. The van der Waals surface area contributed by atoms with E-state index in [0.717, 1.165) is 38.5 Å². The molecule has 0 radical (unpaired) electrons. The van der Waals surface area contributed by atoms with Crippen LogP contribution in [0.25, 0.3) is 0 Å². The Kier molecular flexibility index (Phi) is 6.69. The summed E-state index contributed by atoms with van der Waals surface area (Å²) in [6, 6.07) is 0. The zero-order valence-corrected chi connectivity index (χ0v) is 12.0. The van der Waals surface area contributed by atoms with Gasteiger partial charge in [-0.25, -0.2) is 0 Å². The van der Waals surface area contributed by atoms with Gasteiger partial charge in [0.25, 0.3) is 0 Å². The van der Waals surface area contributed by atoms with Crippen LogP contribution in [-0.2, 0) is 9.53 Å². The number of unbranched alkanes of at least 4 members (excludes halogenated alkanes) is 1. The second kappa shape index (κ2) is 7.78. The lowest BCUT2D eigenvalue weighted by Gasteiger charge is -2.32. The summed E-state index contributed by atoms with van der Waals surface area (Å²) in [6.07, 6.45) is 5.44. The van der Waals surface area contributed by atoms with Crippen LogP contribution in [0.4, 0.5) is 0 Å². The van der Waals surface area contributed by atoms with Crippen molar-refractivity contribution >= 4 is 5.97 Å². The molecule has 1 atom stereocenters. The molecule has 1 rings (SSSR count). The van der Waals surface area contributed by atoms with Crippen LogP contribution in [0.2, 0.25) is 0 Å². The fraction of sp³-hybridized carbons (Fsp3) is 0.933. The predicted octanol–water partition coefficient (Wildman–Crippen LogP) is 3.15. The van der Waals surface area contributed by atoms with Gasteiger partial charge in [-0.15, -0.1) is 0 Å². The summed E-state index contributed by atoms with van der Waals surface area (Å²) >= 11 is 0. The van der Waals surface area contributed by atoms with Gasteiger partial charge < -0.3 is 9.84 Å². The first-order valence-corrected chi connectivity index (χ1v) is 7.41. The average molecular weight is 256 g/mol. The first kappa shape index (κ1) is 15.5. The number of hydrogen-bond acceptors (Lipinski definition) is 3. The molecule has 1 aliphatic rings. The second-order valence-corrected chi connectivity index (χ2v) is 5.87. The zero-order chi connectivity index (χ0) is 13.5. The number of esters is 1. The molecule has 1 fully saturated rings. The van der Waals surface area contributed by atoms with Crippen LogP contribution < -0.4 is 0 Å². The fourth-order valence-electron chi connectivity index (χ4n) is 2.68. The maximum atomic E-state index is 11.8. The summed E-state index contributed by atoms with van der Waals surface area (Å²) in [6.45, 7) is 6.75. The molecule has 0 spiro atoms. The molecule has 0 aromatic heterocycles. The molecule has 106 valence electrons. The highest BCUT2D eigenvalue weighted by Crippen LogP contribution is 2.33. The van der Waals surface area contributed by atoms with Gasteiger partial charge in [0.05, 0.1) is 18.6 Å². The lowest BCUT2D eigenvalue weighted by Crippen LogP contribution is -2.32. The summed E-state index contributed by atoms with van der Waals surface area (Å²) in [5.74, 6) is 0.714. The number of hydrogen-bond donors (Lipinski definition) is 1. The number of rotatable bonds is 6. The number of aliphatic hydroxyl groups is 1. The van der Waals surface area contributed by atoms with Gasteiger partial charge in [0.1, 0.15) is 0 Å². The molecule has 1 N–H and O–H groups in total. The molecule has 1 unspecified atom stereocenters. The van der Waals surface area contributed by atoms with Crippen molar-refractivity contribution in [3.63, 3.8) is 0 Å². The van der Waals surface area contributed by atoms with Gasteiger partial charge >= 0.3 is 5.97 Å². The predicted molar refractivity (Wildman–Crippen MR) is 72.2 cm³/mol. The Bertz CT molecular complexity index is 242. The molecule has 0 aliphatic heterocycles. The third-order valence-corrected chi connectivity index (χ3v) is 4.01. The van der Waals surface area contributed by atoms with E-state index in [4.69, 9.17) is 4.74 Å². The summed E-state index contributed by atoms with van der Waals surface area (Å²) in [4.78, 5) is 11.8. The van der Waals surface area contributed by atoms with E-state index < -0.39 is 0 Å². The smallest absolute Gasteiger partial charge is 0.308 e. The third kappa shape index (κ3) is 4.60. The molecule has 18 heavy (non-hydrogen) atoms. The lowest BCUT2D eigenvalue weighted by molar-refractivity contribution is -0.150. The van der Waals surface area contributed by atoms with Crippen molar-refractivity contribution in [3.8, 4) is 0 Å². The van der Waals surface area contributed by atoms with E-state index in [9.17, 15) is 9.90 Å². The van der Waals surface area contributed by atoms with Crippen molar-refractivity contribution < 1.29 is 14.6 Å². The van der Waals surface area contributed by atoms with Crippen LogP contribution in [-0.4, -0.2) is 23.8 Å². The molecule has 1 aliphatic carbocycles. The van der Waals surface area contributed by atoms with Gasteiger partial charge in [0.2, 0.25) is 0 Å². The number of carbonyl (C=O) groups excluding carboxylic acids is 1. The first-order valence-electron chi connectivity index (χ1n) is 7.41. The SMILES string of the molecule is CCCCOC(=O)C1CCC(C(O)C(C)C)CC1. The van der Waals surface area contributed by atoms with Crippen LogP contribution in [0, 0.1) is 17.8 Å². The van der Waals surface area contributed by atoms with Crippen LogP contribution in [0.1, 0.15) is 59.3 Å². The van der Waals surface area contributed by atoms with Crippen LogP contribution in [0.5, 0.6) is 0 Å². The van der Waals surface area contributed by atoms with Gasteiger partial charge in [-0.3, -0.25) is 4.79 Å². The van der Waals surface area contributed by atoms with Crippen LogP contribution >= 0.6 is 0 Å². The van der Waals surface area contributed by atoms with E-state index in [1.807, 2.05) is 0 Å². The molecule has 0 bridgehead atoms. The third-order valence-electron chi connectivity index (χ3n) is 4.01. The van der Waals surface area contributed by atoms with Crippen molar-refractivity contribution in [3.05, 3.63) is 0 Å². The maximum absolute atomic E-state index is 11.8. The number of aliphatic hydroxyl groups excluding tert-OH is 1. The topological polar surface area (TPSA) is 46.5 Å². The monoisotopic (exact) mass is 256 g/mol. The molecule has 0 heterocycles. The number of carbonyl (C=O) groups is 1. The van der Waals surface area contributed by atoms with E-state index in [2.05, 4.69) is 20.8 Å². The van der Waals surface area contributed by atoms with Crippen LogP contribution in [0.3, 0.4) is 0 Å². The van der Waals surface area contributed by atoms with E-state index in [1.54, 1.807) is 0 Å². The second-order valence-electron chi connectivity index (χ2n) is 5.87. The minimum atomic E-state index is -0.220. The summed E-state index contributed by atoms with van der Waals surface area (Å²) in [5.41, 5.74) is 0. The van der Waals surface area contributed by atoms with Gasteiger partial charge in [0, 0.05) is 0 Å². The minimum Gasteiger partial charge on any atom is -0.465 e. The molecule has 0 saturated heterocycles. The van der Waals surface area contributed by atoms with Gasteiger partial charge in [-0.1, -0.05) is 27.2 Å². The molecule has 0 aromatic carbocycles. The Morgan fingerprint density at radius 2 is 1.89 bits per heavy atom. The van der Waals surface area contributed by atoms with Gasteiger partial charge in [-0.2, -0.15) is 0 Å². The van der Waals surface area contributed by atoms with E-state index in [-0.39, 0.29) is 18.0 Å². The quantitative estimate of drug-likeness (QED) is 0.586. The highest BCUT2D eigenvalue weighted by molar-refractivity contribution is 5.72. The van der Waals surface area contributed by atoms with Crippen molar-refractivity contribution in [2.75, 3.05) is 6.61 Å². The molecular weight excluding hydrogens is 228 g/mol. The fourth-order valence-corrected chi connectivity index (χ4v) is 2.68. The Balaban J connectivity index is 2.28. The Labute approximate surface area is 111 Å². The minimum absolute atomic E-state index is 0.0269. The highest BCUT2D eigenvalue weighted by atomic mass is 16.5. The largest absolute Gasteiger partial charge is 0.465 e. The highest BCUT2D eigenvalue weighted by Gasteiger charge is 2.31. The van der Waals surface area contributed by atoms with Gasteiger partial charge in [0.15, 0.2) is 0 Å². The summed E-state index contributed by atoms with van der Waals surface area (Å²) < 4.78 is 5.26. The zero-order valence-electron chi connectivity index (χ0n) is 12.0. The molecule has 1 saturated carbocycles. The molecule has 0 aromatic rings. The Hall–Kier alpha value is -0.570. The molecule has 3 nitrogen and oxygen atoms in total. The summed E-state index contributed by atoms with van der Waals surface area (Å²) in [5, 5.41) is 10.0. The van der Waals surface area contributed by atoms with E-state index in [1.165, 1.54) is 0 Å². The molecule has 3 heteroatoms. The van der Waals surface area contributed by atoms with Gasteiger partial charge in [-0.05, 0) is 43.9 Å². The van der Waals surface area contributed by atoms with Crippen molar-refractivity contribution in [2.24, 2.45) is 17.8 Å². The van der Waals surface area contributed by atoms with Crippen LogP contribution in [0.15, 0.2) is 0 Å². The first-order chi connectivity index (χ1) is 8.56. The lowest BCUT2D eigenvalue weighted by atomic mass is 9.77. The normalized spacial score (nSPS) is 26.1. The van der Waals surface area contributed by atoms with E-state index in [0.29, 0.717) is 18.4 Å². The van der Waals surface area contributed by atoms with Crippen molar-refractivity contribution in [2.45, 2.75) is 65.4 Å². The molecule has 0 amide bonds. The summed E-state index contributed by atoms with van der Waals surface area (Å²) in [7, 11) is 0. The van der Waals surface area contributed by atoms with Crippen molar-refractivity contribution in [1.82, 2.24) is 0 Å². The maximum Gasteiger partial charge on any atom is 0.308 e. The Morgan fingerprint density at radius 1 is 1.28 bits per heavy atom. The molecular formula is C15H28O3. The average Bonchev–Trinajstić information content (AvgIpc) is 2.38. The van der Waals surface area contributed by atoms with E-state index >= 15 is 0 Å².